The second-order valence-corrected chi connectivity index (χ2v) is 4.51. The Morgan fingerprint density at radius 2 is 2.17 bits per heavy atom. The van der Waals surface area contributed by atoms with E-state index in [0.29, 0.717) is 5.69 Å². The lowest BCUT2D eigenvalue weighted by Crippen LogP contribution is -2.30. The molecule has 0 aliphatic carbocycles. The molecular formula is C12H19N5O. The number of hydrogen-bond acceptors (Lipinski definition) is 5. The van der Waals surface area contributed by atoms with Crippen LogP contribution >= 0.6 is 0 Å². The van der Waals surface area contributed by atoms with Gasteiger partial charge in [0, 0.05) is 19.6 Å². The Morgan fingerprint density at radius 3 is 2.94 bits per heavy atom. The van der Waals surface area contributed by atoms with E-state index < -0.39 is 0 Å². The average Bonchev–Trinajstić information content (AvgIpc) is 2.63. The van der Waals surface area contributed by atoms with Gasteiger partial charge in [0.2, 0.25) is 0 Å². The molecule has 0 unspecified atom stereocenters. The molecule has 1 saturated heterocycles. The summed E-state index contributed by atoms with van der Waals surface area (Å²) in [5.74, 6) is 0.929. The number of rotatable bonds is 2. The summed E-state index contributed by atoms with van der Waals surface area (Å²) in [5.41, 5.74) is 6.06. The van der Waals surface area contributed by atoms with Crippen molar-refractivity contribution in [3.05, 3.63) is 23.9 Å². The van der Waals surface area contributed by atoms with Crippen LogP contribution in [0.5, 0.6) is 0 Å². The largest absolute Gasteiger partial charge is 0.409 e. The van der Waals surface area contributed by atoms with E-state index in [0.717, 1.165) is 38.4 Å². The number of aromatic nitrogens is 1. The van der Waals surface area contributed by atoms with Crippen LogP contribution in [0, 0.1) is 0 Å². The van der Waals surface area contributed by atoms with Crippen LogP contribution in [-0.2, 0) is 0 Å². The molecule has 6 nitrogen and oxygen atoms in total. The summed E-state index contributed by atoms with van der Waals surface area (Å²) in [6, 6.07) is 5.58. The first-order valence-corrected chi connectivity index (χ1v) is 6.09. The predicted molar refractivity (Wildman–Crippen MR) is 71.1 cm³/mol. The fraction of sp³-hybridized carbons (Fsp3) is 0.500. The van der Waals surface area contributed by atoms with Crippen molar-refractivity contribution in [2.24, 2.45) is 10.9 Å². The molecule has 1 aliphatic rings. The third kappa shape index (κ3) is 2.89. The SMILES string of the molecule is CN1CCCN(c2cccc(C(N)=NO)n2)CC1. The van der Waals surface area contributed by atoms with Crippen LogP contribution in [0.1, 0.15) is 12.1 Å². The maximum atomic E-state index is 8.67. The molecule has 1 aromatic heterocycles. The van der Waals surface area contributed by atoms with E-state index >= 15 is 0 Å². The van der Waals surface area contributed by atoms with E-state index in [1.807, 2.05) is 12.1 Å². The summed E-state index contributed by atoms with van der Waals surface area (Å²) in [7, 11) is 2.13. The van der Waals surface area contributed by atoms with E-state index in [1.54, 1.807) is 6.07 Å². The molecule has 6 heteroatoms. The van der Waals surface area contributed by atoms with Gasteiger partial charge in [0.25, 0.3) is 0 Å². The summed E-state index contributed by atoms with van der Waals surface area (Å²) in [6.45, 7) is 4.06. The highest BCUT2D eigenvalue weighted by atomic mass is 16.4. The number of amidine groups is 1. The second-order valence-electron chi connectivity index (χ2n) is 4.51. The van der Waals surface area contributed by atoms with Crippen molar-refractivity contribution in [1.82, 2.24) is 9.88 Å². The molecule has 1 aromatic rings. The normalized spacial score (nSPS) is 18.7. The molecular weight excluding hydrogens is 230 g/mol. The zero-order valence-electron chi connectivity index (χ0n) is 10.6. The van der Waals surface area contributed by atoms with Crippen LogP contribution in [0.4, 0.5) is 5.82 Å². The van der Waals surface area contributed by atoms with Crippen molar-refractivity contribution >= 4 is 11.7 Å². The zero-order valence-corrected chi connectivity index (χ0v) is 10.6. The lowest BCUT2D eigenvalue weighted by Gasteiger charge is -2.21. The Labute approximate surface area is 107 Å². The quantitative estimate of drug-likeness (QED) is 0.341. The van der Waals surface area contributed by atoms with E-state index in [9.17, 15) is 0 Å². The van der Waals surface area contributed by atoms with Gasteiger partial charge in [0.05, 0.1) is 0 Å². The number of hydrogen-bond donors (Lipinski definition) is 2. The van der Waals surface area contributed by atoms with E-state index in [4.69, 9.17) is 10.9 Å². The second kappa shape index (κ2) is 5.68. The Morgan fingerprint density at radius 1 is 1.33 bits per heavy atom. The molecule has 2 heterocycles. The topological polar surface area (TPSA) is 78.0 Å². The average molecular weight is 249 g/mol. The molecule has 0 atom stereocenters. The maximum absolute atomic E-state index is 8.67. The van der Waals surface area contributed by atoms with Gasteiger partial charge >= 0.3 is 0 Å². The molecule has 0 amide bonds. The third-order valence-electron chi connectivity index (χ3n) is 3.15. The first-order chi connectivity index (χ1) is 8.70. The monoisotopic (exact) mass is 249 g/mol. The number of nitrogens with zero attached hydrogens (tertiary/aromatic N) is 4. The van der Waals surface area contributed by atoms with Crippen LogP contribution < -0.4 is 10.6 Å². The molecule has 0 saturated carbocycles. The van der Waals surface area contributed by atoms with Crippen LogP contribution in [0.3, 0.4) is 0 Å². The van der Waals surface area contributed by atoms with Crippen molar-refractivity contribution < 1.29 is 5.21 Å². The van der Waals surface area contributed by atoms with Gasteiger partial charge in [-0.25, -0.2) is 4.98 Å². The van der Waals surface area contributed by atoms with Crippen LogP contribution in [-0.4, -0.2) is 54.2 Å². The molecule has 3 N–H and O–H groups in total. The van der Waals surface area contributed by atoms with E-state index in [-0.39, 0.29) is 5.84 Å². The molecule has 18 heavy (non-hydrogen) atoms. The molecule has 98 valence electrons. The first kappa shape index (κ1) is 12.6. The Kier molecular flexibility index (Phi) is 3.99. The van der Waals surface area contributed by atoms with Crippen molar-refractivity contribution in [1.29, 1.82) is 0 Å². The Hall–Kier alpha value is -1.82. The molecule has 2 rings (SSSR count). The summed E-state index contributed by atoms with van der Waals surface area (Å²) in [5, 5.41) is 11.7. The number of oxime groups is 1. The highest BCUT2D eigenvalue weighted by molar-refractivity contribution is 5.95. The standard InChI is InChI=1S/C12H19N5O/c1-16-6-3-7-17(9-8-16)11-5-2-4-10(14-11)12(13)15-18/h2,4-5,18H,3,6-9H2,1H3,(H2,13,15). The van der Waals surface area contributed by atoms with E-state index in [1.165, 1.54) is 0 Å². The molecule has 0 bridgehead atoms. The predicted octanol–water partition coefficient (Wildman–Crippen LogP) is 0.318. The fourth-order valence-corrected chi connectivity index (χ4v) is 2.07. The number of pyridine rings is 1. The van der Waals surface area contributed by atoms with Crippen molar-refractivity contribution in [2.45, 2.75) is 6.42 Å². The molecule has 0 spiro atoms. The lowest BCUT2D eigenvalue weighted by molar-refractivity contribution is 0.318. The van der Waals surface area contributed by atoms with Crippen LogP contribution in [0.25, 0.3) is 0 Å². The number of nitrogens with two attached hydrogens (primary N) is 1. The summed E-state index contributed by atoms with van der Waals surface area (Å²) in [4.78, 5) is 8.97. The van der Waals surface area contributed by atoms with Gasteiger partial charge in [-0.15, -0.1) is 0 Å². The number of likely N-dealkylation sites (N-methyl/N-ethyl adjacent to an activating group) is 1. The molecule has 1 fully saturated rings. The minimum Gasteiger partial charge on any atom is -0.409 e. The van der Waals surface area contributed by atoms with Gasteiger partial charge in [0.15, 0.2) is 5.84 Å². The van der Waals surface area contributed by atoms with Gasteiger partial charge < -0.3 is 20.7 Å². The van der Waals surface area contributed by atoms with Crippen LogP contribution in [0.15, 0.2) is 23.4 Å². The molecule has 1 aliphatic heterocycles. The smallest absolute Gasteiger partial charge is 0.188 e. The zero-order chi connectivity index (χ0) is 13.0. The van der Waals surface area contributed by atoms with Gasteiger partial charge in [0.1, 0.15) is 11.5 Å². The van der Waals surface area contributed by atoms with Crippen molar-refractivity contribution in [3.63, 3.8) is 0 Å². The third-order valence-corrected chi connectivity index (χ3v) is 3.15. The Bertz CT molecular complexity index is 434. The van der Waals surface area contributed by atoms with Gasteiger partial charge in [-0.3, -0.25) is 0 Å². The first-order valence-electron chi connectivity index (χ1n) is 6.09. The lowest BCUT2D eigenvalue weighted by atomic mass is 10.3. The van der Waals surface area contributed by atoms with Gasteiger partial charge in [-0.2, -0.15) is 0 Å². The summed E-state index contributed by atoms with van der Waals surface area (Å²) >= 11 is 0. The Balaban J connectivity index is 2.17. The van der Waals surface area contributed by atoms with Crippen LogP contribution in [0.2, 0.25) is 0 Å². The highest BCUT2D eigenvalue weighted by Crippen LogP contribution is 2.14. The van der Waals surface area contributed by atoms with Crippen molar-refractivity contribution in [2.75, 3.05) is 38.1 Å². The molecule has 0 radical (unpaired) electrons. The fourth-order valence-electron chi connectivity index (χ4n) is 2.07. The van der Waals surface area contributed by atoms with Gasteiger partial charge in [-0.05, 0) is 32.1 Å². The van der Waals surface area contributed by atoms with Gasteiger partial charge in [-0.1, -0.05) is 11.2 Å². The minimum absolute atomic E-state index is 0.0452. The number of anilines is 1. The maximum Gasteiger partial charge on any atom is 0.188 e. The summed E-state index contributed by atoms with van der Waals surface area (Å²) < 4.78 is 0. The highest BCUT2D eigenvalue weighted by Gasteiger charge is 2.14. The van der Waals surface area contributed by atoms with Crippen molar-refractivity contribution in [3.8, 4) is 0 Å². The molecule has 0 aromatic carbocycles. The summed E-state index contributed by atoms with van der Waals surface area (Å²) in [6.07, 6.45) is 1.12. The minimum atomic E-state index is 0.0452. The van der Waals surface area contributed by atoms with E-state index in [2.05, 4.69) is 27.0 Å².